The van der Waals surface area contributed by atoms with Crippen molar-refractivity contribution in [3.8, 4) is 0 Å². The van der Waals surface area contributed by atoms with Crippen LogP contribution in [0.2, 0.25) is 0 Å². The first-order chi connectivity index (χ1) is 5.23. The summed E-state index contributed by atoms with van der Waals surface area (Å²) in [7, 11) is 1.41. The van der Waals surface area contributed by atoms with E-state index in [0.717, 1.165) is 12.8 Å². The van der Waals surface area contributed by atoms with Gasteiger partial charge in [0.1, 0.15) is 5.71 Å². The summed E-state index contributed by atoms with van der Waals surface area (Å²) >= 11 is 0. The molecule has 1 aliphatic rings. The standard InChI is InChI=1S/C7H13NO3/c1-11-7(9)5-3-2-4-6(7)8-10/h9-10H,2-5H2,1H3. The lowest BCUT2D eigenvalue weighted by Gasteiger charge is -2.30. The van der Waals surface area contributed by atoms with Crippen molar-refractivity contribution in [1.29, 1.82) is 0 Å². The normalized spacial score (nSPS) is 36.0. The molecule has 2 N–H and O–H groups in total. The van der Waals surface area contributed by atoms with E-state index >= 15 is 0 Å². The van der Waals surface area contributed by atoms with Gasteiger partial charge in [0.25, 0.3) is 0 Å². The Kier molecular flexibility index (Phi) is 2.46. The van der Waals surface area contributed by atoms with Gasteiger partial charge < -0.3 is 15.1 Å². The molecule has 0 amide bonds. The fraction of sp³-hybridized carbons (Fsp3) is 0.857. The second-order valence-corrected chi connectivity index (χ2v) is 2.74. The summed E-state index contributed by atoms with van der Waals surface area (Å²) in [5.74, 6) is -1.31. The summed E-state index contributed by atoms with van der Waals surface area (Å²) in [5, 5.41) is 21.1. The van der Waals surface area contributed by atoms with Crippen molar-refractivity contribution < 1.29 is 15.1 Å². The first-order valence-electron chi connectivity index (χ1n) is 3.72. The monoisotopic (exact) mass is 159 g/mol. The third kappa shape index (κ3) is 1.52. The molecule has 0 aromatic rings. The van der Waals surface area contributed by atoms with Crippen molar-refractivity contribution in [2.75, 3.05) is 7.11 Å². The van der Waals surface area contributed by atoms with E-state index in [1.165, 1.54) is 7.11 Å². The molecule has 64 valence electrons. The molecule has 0 heterocycles. The molecule has 0 aromatic carbocycles. The molecule has 0 spiro atoms. The van der Waals surface area contributed by atoms with Crippen molar-refractivity contribution in [2.24, 2.45) is 5.16 Å². The van der Waals surface area contributed by atoms with Crippen molar-refractivity contribution in [2.45, 2.75) is 31.5 Å². The van der Waals surface area contributed by atoms with Gasteiger partial charge in [0.15, 0.2) is 0 Å². The maximum Gasteiger partial charge on any atom is 0.208 e. The SMILES string of the molecule is COC1(O)CCCCC1=NO. The molecular weight excluding hydrogens is 146 g/mol. The van der Waals surface area contributed by atoms with Gasteiger partial charge in [-0.2, -0.15) is 0 Å². The lowest BCUT2D eigenvalue weighted by atomic mass is 9.92. The highest BCUT2D eigenvalue weighted by atomic mass is 16.6. The molecule has 1 saturated carbocycles. The zero-order chi connectivity index (χ0) is 8.32. The Morgan fingerprint density at radius 2 is 2.27 bits per heavy atom. The Labute approximate surface area is 65.5 Å². The third-order valence-corrected chi connectivity index (χ3v) is 2.09. The number of ether oxygens (including phenoxy) is 1. The van der Waals surface area contributed by atoms with Crippen LogP contribution in [0, 0.1) is 0 Å². The van der Waals surface area contributed by atoms with Gasteiger partial charge in [0, 0.05) is 13.5 Å². The van der Waals surface area contributed by atoms with Crippen molar-refractivity contribution in [3.63, 3.8) is 0 Å². The summed E-state index contributed by atoms with van der Waals surface area (Å²) in [5.41, 5.74) is 0.339. The Morgan fingerprint density at radius 3 is 2.73 bits per heavy atom. The van der Waals surface area contributed by atoms with Crippen LogP contribution in [0.4, 0.5) is 0 Å². The number of oxime groups is 1. The Morgan fingerprint density at radius 1 is 1.55 bits per heavy atom. The summed E-state index contributed by atoms with van der Waals surface area (Å²) in [6.07, 6.45) is 2.98. The molecule has 1 atom stereocenters. The second-order valence-electron chi connectivity index (χ2n) is 2.74. The maximum atomic E-state index is 9.63. The molecule has 1 unspecified atom stereocenters. The van der Waals surface area contributed by atoms with Crippen LogP contribution in [0.15, 0.2) is 5.16 Å². The smallest absolute Gasteiger partial charge is 0.208 e. The molecule has 1 rings (SSSR count). The quantitative estimate of drug-likeness (QED) is 0.337. The maximum absolute atomic E-state index is 9.63. The average Bonchev–Trinajstić information content (AvgIpc) is 2.05. The fourth-order valence-electron chi connectivity index (χ4n) is 1.34. The average molecular weight is 159 g/mol. The lowest BCUT2D eigenvalue weighted by molar-refractivity contribution is -0.140. The number of hydrogen-bond acceptors (Lipinski definition) is 4. The summed E-state index contributed by atoms with van der Waals surface area (Å²) in [4.78, 5) is 0. The molecule has 0 aliphatic heterocycles. The Bertz CT molecular complexity index is 169. The number of aliphatic hydroxyl groups is 1. The summed E-state index contributed by atoms with van der Waals surface area (Å²) in [6.45, 7) is 0. The fourth-order valence-corrected chi connectivity index (χ4v) is 1.34. The number of methoxy groups -OCH3 is 1. The third-order valence-electron chi connectivity index (χ3n) is 2.09. The van der Waals surface area contributed by atoms with Crippen LogP contribution in [0.3, 0.4) is 0 Å². The topological polar surface area (TPSA) is 62.0 Å². The Balaban J connectivity index is 2.74. The molecule has 4 nitrogen and oxygen atoms in total. The van der Waals surface area contributed by atoms with Gasteiger partial charge in [-0.3, -0.25) is 0 Å². The minimum atomic E-state index is -1.31. The molecular formula is C7H13NO3. The van der Waals surface area contributed by atoms with E-state index < -0.39 is 5.79 Å². The van der Waals surface area contributed by atoms with Gasteiger partial charge in [0.05, 0.1) is 0 Å². The van der Waals surface area contributed by atoms with Gasteiger partial charge >= 0.3 is 0 Å². The first-order valence-corrected chi connectivity index (χ1v) is 3.72. The van der Waals surface area contributed by atoms with Gasteiger partial charge in [-0.25, -0.2) is 0 Å². The van der Waals surface area contributed by atoms with Crippen LogP contribution < -0.4 is 0 Å². The largest absolute Gasteiger partial charge is 0.411 e. The van der Waals surface area contributed by atoms with Crippen LogP contribution in [0.1, 0.15) is 25.7 Å². The first kappa shape index (κ1) is 8.49. The summed E-state index contributed by atoms with van der Waals surface area (Å²) < 4.78 is 4.85. The van der Waals surface area contributed by atoms with E-state index in [4.69, 9.17) is 9.94 Å². The van der Waals surface area contributed by atoms with Crippen LogP contribution in [-0.2, 0) is 4.74 Å². The molecule has 1 aliphatic carbocycles. The zero-order valence-electron chi connectivity index (χ0n) is 6.58. The van der Waals surface area contributed by atoms with Gasteiger partial charge in [-0.1, -0.05) is 5.16 Å². The van der Waals surface area contributed by atoms with E-state index in [9.17, 15) is 5.11 Å². The van der Waals surface area contributed by atoms with Gasteiger partial charge in [0.2, 0.25) is 5.79 Å². The number of nitrogens with zero attached hydrogens (tertiary/aromatic N) is 1. The van der Waals surface area contributed by atoms with Gasteiger partial charge in [-0.05, 0) is 19.3 Å². The number of rotatable bonds is 1. The van der Waals surface area contributed by atoms with Crippen LogP contribution >= 0.6 is 0 Å². The molecule has 1 fully saturated rings. The van der Waals surface area contributed by atoms with Gasteiger partial charge in [-0.15, -0.1) is 0 Å². The van der Waals surface area contributed by atoms with Crippen LogP contribution in [0.5, 0.6) is 0 Å². The van der Waals surface area contributed by atoms with Crippen molar-refractivity contribution in [1.82, 2.24) is 0 Å². The van der Waals surface area contributed by atoms with E-state index in [1.807, 2.05) is 0 Å². The van der Waals surface area contributed by atoms with E-state index in [2.05, 4.69) is 5.16 Å². The minimum absolute atomic E-state index is 0.339. The highest BCUT2D eigenvalue weighted by Gasteiger charge is 2.36. The molecule has 0 bridgehead atoms. The van der Waals surface area contributed by atoms with E-state index in [0.29, 0.717) is 18.6 Å². The highest BCUT2D eigenvalue weighted by Crippen LogP contribution is 2.26. The van der Waals surface area contributed by atoms with Crippen LogP contribution in [-0.4, -0.2) is 28.9 Å². The molecule has 0 saturated heterocycles. The zero-order valence-corrected chi connectivity index (χ0v) is 6.58. The molecule has 11 heavy (non-hydrogen) atoms. The predicted molar refractivity (Wildman–Crippen MR) is 39.6 cm³/mol. The van der Waals surface area contributed by atoms with Crippen LogP contribution in [0.25, 0.3) is 0 Å². The highest BCUT2D eigenvalue weighted by molar-refractivity contribution is 5.91. The minimum Gasteiger partial charge on any atom is -0.411 e. The van der Waals surface area contributed by atoms with Crippen molar-refractivity contribution >= 4 is 5.71 Å². The molecule has 0 radical (unpaired) electrons. The lowest BCUT2D eigenvalue weighted by Crippen LogP contribution is -2.43. The summed E-state index contributed by atoms with van der Waals surface area (Å²) in [6, 6.07) is 0. The van der Waals surface area contributed by atoms with Crippen molar-refractivity contribution in [3.05, 3.63) is 0 Å². The molecule has 0 aromatic heterocycles. The second kappa shape index (κ2) is 3.19. The Hall–Kier alpha value is -0.610. The van der Waals surface area contributed by atoms with E-state index in [1.54, 1.807) is 0 Å². The van der Waals surface area contributed by atoms with E-state index in [-0.39, 0.29) is 0 Å². The number of hydrogen-bond donors (Lipinski definition) is 2. The molecule has 4 heteroatoms. The predicted octanol–water partition coefficient (Wildman–Crippen LogP) is 0.726.